The van der Waals surface area contributed by atoms with E-state index in [4.69, 9.17) is 5.41 Å². The van der Waals surface area contributed by atoms with Gasteiger partial charge in [0, 0.05) is 34.5 Å². The highest BCUT2D eigenvalue weighted by atomic mass is 32.2. The summed E-state index contributed by atoms with van der Waals surface area (Å²) in [5.74, 6) is -0.363. The van der Waals surface area contributed by atoms with Crippen LogP contribution in [0.4, 0.5) is 0 Å². The van der Waals surface area contributed by atoms with Gasteiger partial charge in [0.1, 0.15) is 5.56 Å². The molecule has 0 spiro atoms. The number of nitrogens with zero attached hydrogens (tertiary/aromatic N) is 1. The second-order valence-corrected chi connectivity index (χ2v) is 8.83. The van der Waals surface area contributed by atoms with Gasteiger partial charge in [-0.05, 0) is 30.2 Å². The largest absolute Gasteiger partial charge is 0.477 e. The fourth-order valence-corrected chi connectivity index (χ4v) is 3.44. The first kappa shape index (κ1) is 21.0. The highest BCUT2D eigenvalue weighted by molar-refractivity contribution is 8.04. The van der Waals surface area contributed by atoms with Crippen molar-refractivity contribution in [2.24, 2.45) is 5.41 Å². The van der Waals surface area contributed by atoms with Gasteiger partial charge in [0.05, 0.1) is 5.71 Å². The van der Waals surface area contributed by atoms with Crippen LogP contribution in [0.1, 0.15) is 56.7 Å². The summed E-state index contributed by atoms with van der Waals surface area (Å²) in [5.41, 5.74) is 0.790. The van der Waals surface area contributed by atoms with E-state index >= 15 is 0 Å². The van der Waals surface area contributed by atoms with Crippen LogP contribution in [-0.4, -0.2) is 27.1 Å². The number of pyridine rings is 1. The van der Waals surface area contributed by atoms with E-state index in [9.17, 15) is 14.7 Å². The van der Waals surface area contributed by atoms with E-state index in [1.807, 2.05) is 36.6 Å². The lowest BCUT2D eigenvalue weighted by atomic mass is 9.87. The number of allylic oxidation sites excluding steroid dienone is 5. The van der Waals surface area contributed by atoms with Crippen molar-refractivity contribution >= 4 is 29.5 Å². The minimum Gasteiger partial charge on any atom is -0.477 e. The number of hydrogen-bond acceptors (Lipinski definition) is 4. The average Bonchev–Trinajstić information content (AvgIpc) is 2.57. The van der Waals surface area contributed by atoms with Crippen LogP contribution in [0, 0.1) is 10.8 Å². The molecule has 5 nitrogen and oxygen atoms in total. The van der Waals surface area contributed by atoms with E-state index in [1.54, 1.807) is 17.8 Å². The molecule has 0 fully saturated rings. The number of carboxylic acid groups (broad SMARTS) is 1. The topological polar surface area (TPSA) is 83.2 Å². The van der Waals surface area contributed by atoms with Crippen LogP contribution in [0.5, 0.6) is 0 Å². The van der Waals surface area contributed by atoms with Crippen LogP contribution >= 0.6 is 11.8 Å². The minimum atomic E-state index is -1.23. The van der Waals surface area contributed by atoms with Crippen molar-refractivity contribution in [2.75, 3.05) is 5.75 Å². The summed E-state index contributed by atoms with van der Waals surface area (Å²) in [6.45, 7) is 10.2. The number of aromatic nitrogens is 1. The first-order valence-electron chi connectivity index (χ1n) is 8.88. The quantitative estimate of drug-likeness (QED) is 0.764. The number of hydrogen-bond donors (Lipinski definition) is 2. The first-order valence-corrected chi connectivity index (χ1v) is 9.86. The number of nitrogens with one attached hydrogen (secondary N) is 1. The van der Waals surface area contributed by atoms with E-state index in [1.165, 1.54) is 12.3 Å². The summed E-state index contributed by atoms with van der Waals surface area (Å²) in [6.07, 6.45) is 8.84. The zero-order chi connectivity index (χ0) is 20.4. The van der Waals surface area contributed by atoms with Crippen LogP contribution in [0.2, 0.25) is 0 Å². The zero-order valence-corrected chi connectivity index (χ0v) is 17.2. The van der Waals surface area contributed by atoms with Gasteiger partial charge in [-0.25, -0.2) is 4.79 Å². The van der Waals surface area contributed by atoms with Gasteiger partial charge in [-0.3, -0.25) is 10.2 Å². The van der Waals surface area contributed by atoms with Gasteiger partial charge in [0.2, 0.25) is 0 Å². The van der Waals surface area contributed by atoms with Crippen LogP contribution in [0.15, 0.2) is 45.8 Å². The van der Waals surface area contributed by atoms with Crippen LogP contribution in [0.3, 0.4) is 0 Å². The molecular formula is C21H26N2O3S. The fourth-order valence-electron chi connectivity index (χ4n) is 2.70. The SMILES string of the molecule is CCSC1=CC=C/C(=C\c2cc(=O)c(C(=O)O)cn2C(C)C(C)(C)C)C1=N. The number of rotatable bonds is 5. The Bertz CT molecular complexity index is 914. The Hall–Kier alpha value is -2.34. The van der Waals surface area contributed by atoms with Gasteiger partial charge in [-0.1, -0.05) is 39.8 Å². The lowest BCUT2D eigenvalue weighted by Crippen LogP contribution is -2.27. The van der Waals surface area contributed by atoms with E-state index in [0.29, 0.717) is 17.0 Å². The van der Waals surface area contributed by atoms with Crippen molar-refractivity contribution in [3.05, 3.63) is 62.5 Å². The molecule has 1 aromatic heterocycles. The summed E-state index contributed by atoms with van der Waals surface area (Å²) >= 11 is 1.60. The van der Waals surface area contributed by atoms with Crippen molar-refractivity contribution < 1.29 is 9.90 Å². The summed E-state index contributed by atoms with van der Waals surface area (Å²) in [4.78, 5) is 24.6. The summed E-state index contributed by atoms with van der Waals surface area (Å²) < 4.78 is 1.82. The normalized spacial score (nSPS) is 17.1. The van der Waals surface area contributed by atoms with Gasteiger partial charge in [0.15, 0.2) is 5.43 Å². The molecule has 1 aromatic rings. The lowest BCUT2D eigenvalue weighted by Gasteiger charge is -2.31. The smallest absolute Gasteiger partial charge is 0.341 e. The van der Waals surface area contributed by atoms with Gasteiger partial charge in [0.25, 0.3) is 0 Å². The number of carboxylic acids is 1. The Morgan fingerprint density at radius 2 is 2.07 bits per heavy atom. The minimum absolute atomic E-state index is 0.0511. The Morgan fingerprint density at radius 1 is 1.41 bits per heavy atom. The monoisotopic (exact) mass is 386 g/mol. The molecule has 1 atom stereocenters. The van der Waals surface area contributed by atoms with Crippen LogP contribution in [0.25, 0.3) is 6.08 Å². The molecule has 0 saturated heterocycles. The molecule has 1 unspecified atom stereocenters. The molecule has 6 heteroatoms. The van der Waals surface area contributed by atoms with Crippen molar-refractivity contribution in [1.82, 2.24) is 4.57 Å². The Labute approximate surface area is 164 Å². The zero-order valence-electron chi connectivity index (χ0n) is 16.4. The lowest BCUT2D eigenvalue weighted by molar-refractivity contribution is 0.0693. The molecule has 0 radical (unpaired) electrons. The van der Waals surface area contributed by atoms with Gasteiger partial charge >= 0.3 is 5.97 Å². The standard InChI is InChI=1S/C21H26N2O3S/c1-6-27-18-9-7-8-14(19(18)22)10-15-11-17(24)16(20(25)26)12-23(15)13(2)21(3,4)5/h7-13,22H,6H2,1-5H3,(H,25,26)/b14-10+,22-19?. The third-order valence-corrected chi connectivity index (χ3v) is 5.61. The Morgan fingerprint density at radius 3 is 2.63 bits per heavy atom. The third kappa shape index (κ3) is 4.69. The van der Waals surface area contributed by atoms with Crippen LogP contribution < -0.4 is 5.43 Å². The number of carbonyl (C=O) groups is 1. The van der Waals surface area contributed by atoms with E-state index < -0.39 is 11.4 Å². The highest BCUT2D eigenvalue weighted by Gasteiger charge is 2.24. The van der Waals surface area contributed by atoms with E-state index in [0.717, 1.165) is 10.7 Å². The molecule has 0 amide bonds. The molecule has 144 valence electrons. The maximum absolute atomic E-state index is 12.3. The molecule has 1 heterocycles. The Balaban J connectivity index is 2.63. The van der Waals surface area contributed by atoms with Crippen molar-refractivity contribution in [3.8, 4) is 0 Å². The second kappa shape index (κ2) is 8.13. The maximum atomic E-state index is 12.3. The highest BCUT2D eigenvalue weighted by Crippen LogP contribution is 2.32. The molecule has 2 N–H and O–H groups in total. The predicted octanol–water partition coefficient (Wildman–Crippen LogP) is 4.76. The maximum Gasteiger partial charge on any atom is 0.341 e. The number of aromatic carboxylic acids is 1. The van der Waals surface area contributed by atoms with Gasteiger partial charge in [-0.2, -0.15) is 0 Å². The molecule has 27 heavy (non-hydrogen) atoms. The van der Waals surface area contributed by atoms with Crippen molar-refractivity contribution in [3.63, 3.8) is 0 Å². The third-order valence-electron chi connectivity index (χ3n) is 4.67. The fraction of sp³-hybridized carbons (Fsp3) is 0.381. The summed E-state index contributed by atoms with van der Waals surface area (Å²) in [6, 6.07) is 1.30. The molecule has 2 rings (SSSR count). The summed E-state index contributed by atoms with van der Waals surface area (Å²) in [7, 11) is 0. The van der Waals surface area contributed by atoms with Crippen molar-refractivity contribution in [2.45, 2.75) is 40.7 Å². The Kier molecular flexibility index (Phi) is 6.31. The van der Waals surface area contributed by atoms with Gasteiger partial charge in [-0.15, -0.1) is 11.8 Å². The molecule has 1 aliphatic carbocycles. The van der Waals surface area contributed by atoms with Crippen LogP contribution in [-0.2, 0) is 0 Å². The van der Waals surface area contributed by atoms with E-state index in [2.05, 4.69) is 20.8 Å². The molecule has 0 saturated carbocycles. The van der Waals surface area contributed by atoms with Crippen molar-refractivity contribution in [1.29, 1.82) is 5.41 Å². The molecule has 1 aliphatic rings. The second-order valence-electron chi connectivity index (χ2n) is 7.53. The molecule has 0 bridgehead atoms. The average molecular weight is 387 g/mol. The predicted molar refractivity (Wildman–Crippen MR) is 113 cm³/mol. The van der Waals surface area contributed by atoms with Gasteiger partial charge < -0.3 is 9.67 Å². The first-order chi connectivity index (χ1) is 12.6. The molecule has 0 aliphatic heterocycles. The van der Waals surface area contributed by atoms with E-state index in [-0.39, 0.29) is 17.0 Å². The molecule has 0 aromatic carbocycles. The molecular weight excluding hydrogens is 360 g/mol. The summed E-state index contributed by atoms with van der Waals surface area (Å²) in [5, 5.41) is 17.8. The number of thioether (sulfide) groups is 1.